The van der Waals surface area contributed by atoms with Gasteiger partial charge in [-0.15, -0.1) is 0 Å². The van der Waals surface area contributed by atoms with Gasteiger partial charge in [0.25, 0.3) is 0 Å². The van der Waals surface area contributed by atoms with Crippen molar-refractivity contribution in [1.29, 1.82) is 0 Å². The van der Waals surface area contributed by atoms with E-state index < -0.39 is 0 Å². The molecule has 0 spiro atoms. The minimum Gasteiger partial charge on any atom is -0.487 e. The van der Waals surface area contributed by atoms with Gasteiger partial charge in [-0.1, -0.05) is 72.3 Å². The van der Waals surface area contributed by atoms with Crippen molar-refractivity contribution in [3.8, 4) is 5.75 Å². The molecule has 4 rings (SSSR count). The molecular formula is C23H17ClN2O. The standard InChI is InChI=1S/C23H17ClN2O/c24-22-15-20(26-25-19-10-2-1-3-11-19)13-14-23(22)27-16-18-9-6-8-17-7-4-5-12-21(17)18/h1-15H,16H2. The highest BCUT2D eigenvalue weighted by molar-refractivity contribution is 6.32. The molecule has 0 heterocycles. The van der Waals surface area contributed by atoms with Crippen LogP contribution in [0.25, 0.3) is 10.8 Å². The van der Waals surface area contributed by atoms with Crippen molar-refractivity contribution < 1.29 is 4.74 Å². The Morgan fingerprint density at radius 1 is 0.704 bits per heavy atom. The first kappa shape index (κ1) is 17.3. The predicted molar refractivity (Wildman–Crippen MR) is 110 cm³/mol. The lowest BCUT2D eigenvalue weighted by molar-refractivity contribution is 0.308. The molecule has 0 atom stereocenters. The highest BCUT2D eigenvalue weighted by Gasteiger charge is 2.06. The maximum Gasteiger partial charge on any atom is 0.138 e. The summed E-state index contributed by atoms with van der Waals surface area (Å²) in [4.78, 5) is 0. The fraction of sp³-hybridized carbons (Fsp3) is 0.0435. The average Bonchev–Trinajstić information content (AvgIpc) is 2.72. The molecule has 4 aromatic rings. The Kier molecular flexibility index (Phi) is 5.13. The Morgan fingerprint density at radius 2 is 1.44 bits per heavy atom. The summed E-state index contributed by atoms with van der Waals surface area (Å²) in [5.41, 5.74) is 2.60. The van der Waals surface area contributed by atoms with Crippen LogP contribution < -0.4 is 4.74 Å². The average molecular weight is 373 g/mol. The van der Waals surface area contributed by atoms with Crippen LogP contribution in [0.4, 0.5) is 11.4 Å². The van der Waals surface area contributed by atoms with E-state index in [-0.39, 0.29) is 0 Å². The number of hydrogen-bond donors (Lipinski definition) is 0. The molecule has 0 saturated heterocycles. The molecule has 0 aromatic heterocycles. The van der Waals surface area contributed by atoms with Gasteiger partial charge in [0.15, 0.2) is 0 Å². The molecule has 0 fully saturated rings. The maximum atomic E-state index is 6.37. The number of benzene rings is 4. The van der Waals surface area contributed by atoms with E-state index in [1.165, 1.54) is 10.8 Å². The summed E-state index contributed by atoms with van der Waals surface area (Å²) in [5.74, 6) is 0.628. The van der Waals surface area contributed by atoms with Crippen molar-refractivity contribution in [3.05, 3.63) is 102 Å². The van der Waals surface area contributed by atoms with Gasteiger partial charge in [-0.05, 0) is 46.7 Å². The minimum atomic E-state index is 0.450. The van der Waals surface area contributed by atoms with Gasteiger partial charge < -0.3 is 4.74 Å². The number of nitrogens with zero attached hydrogens (tertiary/aromatic N) is 2. The van der Waals surface area contributed by atoms with Crippen molar-refractivity contribution in [3.63, 3.8) is 0 Å². The third-order valence-electron chi connectivity index (χ3n) is 4.22. The molecule has 132 valence electrons. The van der Waals surface area contributed by atoms with E-state index in [0.29, 0.717) is 23.1 Å². The largest absolute Gasteiger partial charge is 0.487 e. The van der Waals surface area contributed by atoms with Gasteiger partial charge in [-0.2, -0.15) is 10.2 Å². The van der Waals surface area contributed by atoms with Crippen LogP contribution in [0.3, 0.4) is 0 Å². The molecule has 0 aliphatic carbocycles. The summed E-state index contributed by atoms with van der Waals surface area (Å²) in [7, 11) is 0. The fourth-order valence-corrected chi connectivity index (χ4v) is 3.08. The van der Waals surface area contributed by atoms with Gasteiger partial charge in [-0.25, -0.2) is 0 Å². The van der Waals surface area contributed by atoms with E-state index in [1.54, 1.807) is 6.07 Å². The summed E-state index contributed by atoms with van der Waals surface area (Å²) in [6.07, 6.45) is 0. The summed E-state index contributed by atoms with van der Waals surface area (Å²) in [5, 5.41) is 11.3. The van der Waals surface area contributed by atoms with Crippen molar-refractivity contribution in [2.24, 2.45) is 10.2 Å². The Hall–Kier alpha value is -3.17. The Morgan fingerprint density at radius 3 is 2.30 bits per heavy atom. The highest BCUT2D eigenvalue weighted by atomic mass is 35.5. The molecule has 0 bridgehead atoms. The molecule has 3 nitrogen and oxygen atoms in total. The van der Waals surface area contributed by atoms with Crippen LogP contribution in [0.1, 0.15) is 5.56 Å². The number of fused-ring (bicyclic) bond motifs is 1. The molecule has 0 radical (unpaired) electrons. The van der Waals surface area contributed by atoms with Gasteiger partial charge in [-0.3, -0.25) is 0 Å². The number of azo groups is 1. The Bertz CT molecular complexity index is 1090. The van der Waals surface area contributed by atoms with Crippen LogP contribution in [0.2, 0.25) is 5.02 Å². The minimum absolute atomic E-state index is 0.450. The zero-order valence-electron chi connectivity index (χ0n) is 14.5. The van der Waals surface area contributed by atoms with Crippen LogP contribution >= 0.6 is 11.6 Å². The highest BCUT2D eigenvalue weighted by Crippen LogP contribution is 2.31. The third-order valence-corrected chi connectivity index (χ3v) is 4.51. The van der Waals surface area contributed by atoms with E-state index in [2.05, 4.69) is 34.5 Å². The quantitative estimate of drug-likeness (QED) is 0.334. The normalized spacial score (nSPS) is 11.1. The second-order valence-electron chi connectivity index (χ2n) is 6.08. The van der Waals surface area contributed by atoms with Crippen LogP contribution in [-0.2, 0) is 6.61 Å². The Balaban J connectivity index is 1.49. The summed E-state index contributed by atoms with van der Waals surface area (Å²) in [6, 6.07) is 29.5. The first-order valence-electron chi connectivity index (χ1n) is 8.65. The van der Waals surface area contributed by atoms with Gasteiger partial charge in [0, 0.05) is 0 Å². The van der Waals surface area contributed by atoms with E-state index >= 15 is 0 Å². The summed E-state index contributed by atoms with van der Waals surface area (Å²) >= 11 is 6.37. The van der Waals surface area contributed by atoms with Crippen LogP contribution in [0, 0.1) is 0 Å². The van der Waals surface area contributed by atoms with Crippen LogP contribution in [-0.4, -0.2) is 0 Å². The van der Waals surface area contributed by atoms with E-state index in [0.717, 1.165) is 11.3 Å². The molecule has 0 aliphatic rings. The van der Waals surface area contributed by atoms with Gasteiger partial charge >= 0.3 is 0 Å². The second kappa shape index (κ2) is 8.02. The number of rotatable bonds is 5. The Labute approximate surface area is 162 Å². The monoisotopic (exact) mass is 372 g/mol. The van der Waals surface area contributed by atoms with Crippen molar-refractivity contribution in [1.82, 2.24) is 0 Å². The van der Waals surface area contributed by atoms with Gasteiger partial charge in [0.2, 0.25) is 0 Å². The fourth-order valence-electron chi connectivity index (χ4n) is 2.85. The van der Waals surface area contributed by atoms with Crippen molar-refractivity contribution in [2.45, 2.75) is 6.61 Å². The number of halogens is 1. The molecule has 0 aliphatic heterocycles. The molecule has 0 amide bonds. The first-order chi connectivity index (χ1) is 13.3. The van der Waals surface area contributed by atoms with Crippen molar-refractivity contribution >= 4 is 33.7 Å². The molecule has 4 aromatic carbocycles. The summed E-state index contributed by atoms with van der Waals surface area (Å²) in [6.45, 7) is 0.450. The first-order valence-corrected chi connectivity index (χ1v) is 9.03. The smallest absolute Gasteiger partial charge is 0.138 e. The predicted octanol–water partition coefficient (Wildman–Crippen LogP) is 7.49. The maximum absolute atomic E-state index is 6.37. The van der Waals surface area contributed by atoms with E-state index in [4.69, 9.17) is 16.3 Å². The molecule has 27 heavy (non-hydrogen) atoms. The third kappa shape index (κ3) is 4.15. The lowest BCUT2D eigenvalue weighted by Gasteiger charge is -2.10. The zero-order chi connectivity index (χ0) is 18.5. The molecule has 4 heteroatoms. The lowest BCUT2D eigenvalue weighted by atomic mass is 10.1. The van der Waals surface area contributed by atoms with Crippen LogP contribution in [0.5, 0.6) is 5.75 Å². The summed E-state index contributed by atoms with van der Waals surface area (Å²) < 4.78 is 5.94. The second-order valence-corrected chi connectivity index (χ2v) is 6.48. The van der Waals surface area contributed by atoms with E-state index in [1.807, 2.05) is 60.7 Å². The van der Waals surface area contributed by atoms with Gasteiger partial charge in [0.1, 0.15) is 12.4 Å². The molecule has 0 N–H and O–H groups in total. The molecule has 0 unspecified atom stereocenters. The van der Waals surface area contributed by atoms with E-state index in [9.17, 15) is 0 Å². The topological polar surface area (TPSA) is 34.0 Å². The SMILES string of the molecule is Clc1cc(N=Nc2ccccc2)ccc1OCc1cccc2ccccc12. The zero-order valence-corrected chi connectivity index (χ0v) is 15.3. The molecule has 0 saturated carbocycles. The van der Waals surface area contributed by atoms with Crippen molar-refractivity contribution in [2.75, 3.05) is 0 Å². The lowest BCUT2D eigenvalue weighted by Crippen LogP contribution is -1.96. The van der Waals surface area contributed by atoms with Crippen LogP contribution in [0.15, 0.2) is 101 Å². The number of hydrogen-bond acceptors (Lipinski definition) is 3. The van der Waals surface area contributed by atoms with Gasteiger partial charge in [0.05, 0.1) is 16.4 Å². The molecular weight excluding hydrogens is 356 g/mol. The number of ether oxygens (including phenoxy) is 1.